The number of ether oxygens (including phenoxy) is 1. The fourth-order valence-electron chi connectivity index (χ4n) is 2.22. The van der Waals surface area contributed by atoms with Crippen LogP contribution in [0.15, 0.2) is 30.3 Å². The van der Waals surface area contributed by atoms with Crippen LogP contribution in [0.3, 0.4) is 0 Å². The molecule has 3 rings (SSSR count). The summed E-state index contributed by atoms with van der Waals surface area (Å²) in [6.07, 6.45) is 0.582. The smallest absolute Gasteiger partial charge is 0.353 e. The minimum Gasteiger partial charge on any atom is -0.492 e. The van der Waals surface area contributed by atoms with Crippen LogP contribution in [-0.4, -0.2) is 33.8 Å². The molecule has 2 heterocycles. The SMILES string of the molecule is O=C(O)c1cc(NC(=O)C2COc3ccccc3C2)n[nH]1. The van der Waals surface area contributed by atoms with Gasteiger partial charge in [-0.2, -0.15) is 5.10 Å². The lowest BCUT2D eigenvalue weighted by Crippen LogP contribution is -2.32. The number of hydrogen-bond donors (Lipinski definition) is 3. The molecule has 7 heteroatoms. The molecule has 1 atom stereocenters. The first kappa shape index (κ1) is 13.2. The molecule has 1 aromatic carbocycles. The maximum Gasteiger partial charge on any atom is 0.353 e. The molecule has 1 amide bonds. The van der Waals surface area contributed by atoms with Crippen LogP contribution in [0.1, 0.15) is 16.1 Å². The predicted molar refractivity (Wildman–Crippen MR) is 73.3 cm³/mol. The number of aromatic amines is 1. The molecule has 1 aromatic heterocycles. The van der Waals surface area contributed by atoms with E-state index >= 15 is 0 Å². The quantitative estimate of drug-likeness (QED) is 0.789. The summed E-state index contributed by atoms with van der Waals surface area (Å²) in [5.74, 6) is -0.707. The molecule has 0 bridgehead atoms. The van der Waals surface area contributed by atoms with Crippen LogP contribution in [-0.2, 0) is 11.2 Å². The molecule has 0 aliphatic carbocycles. The molecule has 0 spiro atoms. The Bertz CT molecular complexity index is 695. The zero-order valence-electron chi connectivity index (χ0n) is 11.0. The Morgan fingerprint density at radius 3 is 2.95 bits per heavy atom. The number of fused-ring (bicyclic) bond motifs is 1. The molecule has 3 N–H and O–H groups in total. The lowest BCUT2D eigenvalue weighted by molar-refractivity contribution is -0.121. The van der Waals surface area contributed by atoms with Crippen molar-refractivity contribution in [2.45, 2.75) is 6.42 Å². The number of carboxylic acid groups (broad SMARTS) is 1. The number of carboxylic acids is 1. The molecule has 0 saturated carbocycles. The van der Waals surface area contributed by atoms with Gasteiger partial charge in [-0.05, 0) is 18.1 Å². The fraction of sp³-hybridized carbons (Fsp3) is 0.214. The number of nitrogens with zero attached hydrogens (tertiary/aromatic N) is 1. The fourth-order valence-corrected chi connectivity index (χ4v) is 2.22. The van der Waals surface area contributed by atoms with E-state index in [-0.39, 0.29) is 23.3 Å². The summed E-state index contributed by atoms with van der Waals surface area (Å²) in [7, 11) is 0. The lowest BCUT2D eigenvalue weighted by Gasteiger charge is -2.24. The Balaban J connectivity index is 1.67. The van der Waals surface area contributed by atoms with Crippen LogP contribution < -0.4 is 10.1 Å². The van der Waals surface area contributed by atoms with Gasteiger partial charge >= 0.3 is 5.97 Å². The van der Waals surface area contributed by atoms with Gasteiger partial charge in [0.25, 0.3) is 0 Å². The van der Waals surface area contributed by atoms with Gasteiger partial charge in [-0.1, -0.05) is 18.2 Å². The molecule has 2 aromatic rings. The van der Waals surface area contributed by atoms with E-state index in [0.717, 1.165) is 11.3 Å². The Morgan fingerprint density at radius 1 is 1.38 bits per heavy atom. The number of carbonyl (C=O) groups excluding carboxylic acids is 1. The second kappa shape index (κ2) is 5.28. The second-order valence-electron chi connectivity index (χ2n) is 4.78. The largest absolute Gasteiger partial charge is 0.492 e. The minimum absolute atomic E-state index is 0.0736. The molecule has 1 aliphatic heterocycles. The van der Waals surface area contributed by atoms with Crippen molar-refractivity contribution in [2.75, 3.05) is 11.9 Å². The van der Waals surface area contributed by atoms with E-state index in [4.69, 9.17) is 9.84 Å². The molecule has 21 heavy (non-hydrogen) atoms. The summed E-state index contributed by atoms with van der Waals surface area (Å²) < 4.78 is 5.56. The van der Waals surface area contributed by atoms with Crippen LogP contribution in [0.4, 0.5) is 5.82 Å². The molecule has 0 saturated heterocycles. The molecule has 0 fully saturated rings. The molecular formula is C14H13N3O4. The van der Waals surface area contributed by atoms with Crippen LogP contribution in [0.25, 0.3) is 0 Å². The van der Waals surface area contributed by atoms with Crippen molar-refractivity contribution in [3.05, 3.63) is 41.6 Å². The van der Waals surface area contributed by atoms with Gasteiger partial charge < -0.3 is 15.2 Å². The van der Waals surface area contributed by atoms with Gasteiger partial charge in [0.2, 0.25) is 5.91 Å². The number of nitrogens with one attached hydrogen (secondary N) is 2. The maximum absolute atomic E-state index is 12.2. The van der Waals surface area contributed by atoms with Crippen molar-refractivity contribution in [3.8, 4) is 5.75 Å². The van der Waals surface area contributed by atoms with Gasteiger partial charge in [-0.3, -0.25) is 9.89 Å². The van der Waals surface area contributed by atoms with E-state index in [2.05, 4.69) is 15.5 Å². The standard InChI is InChI=1S/C14H13N3O4/c18-13(15-12-6-10(14(19)20)16-17-12)9-5-8-3-1-2-4-11(8)21-7-9/h1-4,6,9H,5,7H2,(H,19,20)(H2,15,16,17,18). The minimum atomic E-state index is -1.13. The number of rotatable bonds is 3. The number of para-hydroxylation sites is 1. The Hall–Kier alpha value is -2.83. The topological polar surface area (TPSA) is 104 Å². The number of anilines is 1. The van der Waals surface area contributed by atoms with Crippen LogP contribution >= 0.6 is 0 Å². The monoisotopic (exact) mass is 287 g/mol. The van der Waals surface area contributed by atoms with Gasteiger partial charge in [0, 0.05) is 6.07 Å². The summed E-state index contributed by atoms with van der Waals surface area (Å²) in [4.78, 5) is 22.9. The van der Waals surface area contributed by atoms with Crippen molar-refractivity contribution in [2.24, 2.45) is 5.92 Å². The number of benzene rings is 1. The number of carbonyl (C=O) groups is 2. The number of amides is 1. The first-order valence-corrected chi connectivity index (χ1v) is 6.44. The third-order valence-electron chi connectivity index (χ3n) is 3.31. The third-order valence-corrected chi connectivity index (χ3v) is 3.31. The summed E-state index contributed by atoms with van der Waals surface area (Å²) in [6.45, 7) is 0.291. The number of aromatic nitrogens is 2. The first-order valence-electron chi connectivity index (χ1n) is 6.44. The van der Waals surface area contributed by atoms with Crippen LogP contribution in [0.5, 0.6) is 5.75 Å². The zero-order valence-corrected chi connectivity index (χ0v) is 11.0. The predicted octanol–water partition coefficient (Wildman–Crippen LogP) is 1.30. The highest BCUT2D eigenvalue weighted by atomic mass is 16.5. The summed E-state index contributed by atoms with van der Waals surface area (Å²) in [5.41, 5.74) is 0.910. The number of aromatic carboxylic acids is 1. The van der Waals surface area contributed by atoms with E-state index in [9.17, 15) is 9.59 Å². The highest BCUT2D eigenvalue weighted by molar-refractivity contribution is 5.93. The van der Waals surface area contributed by atoms with E-state index in [1.54, 1.807) is 0 Å². The maximum atomic E-state index is 12.2. The summed E-state index contributed by atoms with van der Waals surface area (Å²) >= 11 is 0. The van der Waals surface area contributed by atoms with Crippen molar-refractivity contribution >= 4 is 17.7 Å². The summed E-state index contributed by atoms with van der Waals surface area (Å²) in [5, 5.41) is 17.5. The second-order valence-corrected chi connectivity index (χ2v) is 4.78. The molecule has 108 valence electrons. The Morgan fingerprint density at radius 2 is 2.19 bits per heavy atom. The number of H-pyrrole nitrogens is 1. The van der Waals surface area contributed by atoms with Gasteiger partial charge in [-0.25, -0.2) is 4.79 Å². The zero-order chi connectivity index (χ0) is 14.8. The van der Waals surface area contributed by atoms with E-state index in [1.165, 1.54) is 6.07 Å². The molecule has 1 unspecified atom stereocenters. The highest BCUT2D eigenvalue weighted by Crippen LogP contribution is 2.27. The van der Waals surface area contributed by atoms with Crippen LogP contribution in [0.2, 0.25) is 0 Å². The normalized spacial score (nSPS) is 16.7. The van der Waals surface area contributed by atoms with Crippen LogP contribution in [0, 0.1) is 5.92 Å². The van der Waals surface area contributed by atoms with E-state index in [1.807, 2.05) is 24.3 Å². The summed E-state index contributed by atoms with van der Waals surface area (Å²) in [6, 6.07) is 8.85. The third kappa shape index (κ3) is 2.71. The number of hydrogen-bond acceptors (Lipinski definition) is 4. The molecule has 1 aliphatic rings. The lowest BCUT2D eigenvalue weighted by atomic mass is 9.96. The highest BCUT2D eigenvalue weighted by Gasteiger charge is 2.26. The average molecular weight is 287 g/mol. The van der Waals surface area contributed by atoms with Gasteiger partial charge in [0.1, 0.15) is 18.1 Å². The van der Waals surface area contributed by atoms with Crippen molar-refractivity contribution in [3.63, 3.8) is 0 Å². The van der Waals surface area contributed by atoms with E-state index < -0.39 is 5.97 Å². The van der Waals surface area contributed by atoms with Crippen molar-refractivity contribution in [1.29, 1.82) is 0 Å². The van der Waals surface area contributed by atoms with E-state index in [0.29, 0.717) is 13.0 Å². The van der Waals surface area contributed by atoms with Gasteiger partial charge in [-0.15, -0.1) is 0 Å². The molecular weight excluding hydrogens is 274 g/mol. The Labute approximate surface area is 119 Å². The molecule has 7 nitrogen and oxygen atoms in total. The molecule has 0 radical (unpaired) electrons. The Kier molecular flexibility index (Phi) is 3.31. The van der Waals surface area contributed by atoms with Gasteiger partial charge in [0.15, 0.2) is 5.82 Å². The van der Waals surface area contributed by atoms with Crippen molar-refractivity contribution < 1.29 is 19.4 Å². The first-order chi connectivity index (χ1) is 10.1. The van der Waals surface area contributed by atoms with Crippen molar-refractivity contribution in [1.82, 2.24) is 10.2 Å². The van der Waals surface area contributed by atoms with Gasteiger partial charge in [0.05, 0.1) is 5.92 Å². The average Bonchev–Trinajstić information content (AvgIpc) is 2.95.